The smallest absolute Gasteiger partial charge is 0.257 e. The summed E-state index contributed by atoms with van der Waals surface area (Å²) in [4.78, 5) is 17.6. The van der Waals surface area contributed by atoms with E-state index in [1.807, 2.05) is 55.5 Å². The first-order valence-electron chi connectivity index (χ1n) is 7.18. The molecule has 0 fully saturated rings. The molecule has 0 atom stereocenters. The van der Waals surface area contributed by atoms with E-state index in [1.54, 1.807) is 6.20 Å². The first-order chi connectivity index (χ1) is 11.1. The van der Waals surface area contributed by atoms with Crippen molar-refractivity contribution in [3.8, 4) is 0 Å². The third-order valence-electron chi connectivity index (χ3n) is 3.43. The van der Waals surface area contributed by atoms with Crippen LogP contribution in [0.3, 0.4) is 0 Å². The van der Waals surface area contributed by atoms with E-state index >= 15 is 0 Å². The minimum Gasteiger partial charge on any atom is -0.298 e. The summed E-state index contributed by atoms with van der Waals surface area (Å²) >= 11 is 7.47. The van der Waals surface area contributed by atoms with Crippen molar-refractivity contribution < 1.29 is 4.79 Å². The molecule has 0 radical (unpaired) electrons. The van der Waals surface area contributed by atoms with Crippen LogP contribution in [0.1, 0.15) is 26.4 Å². The summed E-state index contributed by atoms with van der Waals surface area (Å²) in [5, 5.41) is 4.19. The number of benzene rings is 2. The van der Waals surface area contributed by atoms with E-state index in [0.29, 0.717) is 10.7 Å². The number of nitrogens with zero attached hydrogens (tertiary/aromatic N) is 1. The van der Waals surface area contributed by atoms with Gasteiger partial charge in [0.1, 0.15) is 0 Å². The third-order valence-corrected chi connectivity index (χ3v) is 4.58. The van der Waals surface area contributed by atoms with Crippen molar-refractivity contribution in [2.24, 2.45) is 0 Å². The molecule has 5 heteroatoms. The van der Waals surface area contributed by atoms with Crippen LogP contribution >= 0.6 is 22.9 Å². The number of rotatable bonds is 4. The molecule has 0 bridgehead atoms. The zero-order chi connectivity index (χ0) is 16.2. The van der Waals surface area contributed by atoms with E-state index in [0.717, 1.165) is 27.4 Å². The van der Waals surface area contributed by atoms with Gasteiger partial charge in [-0.05, 0) is 36.2 Å². The van der Waals surface area contributed by atoms with Gasteiger partial charge in [0.15, 0.2) is 5.13 Å². The fourth-order valence-electron chi connectivity index (χ4n) is 2.29. The van der Waals surface area contributed by atoms with Crippen molar-refractivity contribution >= 4 is 34.0 Å². The van der Waals surface area contributed by atoms with Gasteiger partial charge in [0, 0.05) is 28.1 Å². The van der Waals surface area contributed by atoms with Crippen LogP contribution in [-0.4, -0.2) is 10.9 Å². The second-order valence-corrected chi connectivity index (χ2v) is 6.76. The molecule has 3 rings (SSSR count). The van der Waals surface area contributed by atoms with Crippen LogP contribution in [0, 0.1) is 6.92 Å². The normalized spacial score (nSPS) is 10.5. The number of hydrogen-bond donors (Lipinski definition) is 1. The van der Waals surface area contributed by atoms with Gasteiger partial charge >= 0.3 is 0 Å². The van der Waals surface area contributed by atoms with Crippen LogP contribution in [0.25, 0.3) is 0 Å². The Labute approximate surface area is 144 Å². The molecule has 0 aliphatic rings. The van der Waals surface area contributed by atoms with Crippen molar-refractivity contribution in [3.63, 3.8) is 0 Å². The van der Waals surface area contributed by atoms with Gasteiger partial charge in [-0.1, -0.05) is 41.9 Å². The molecular weight excluding hydrogens is 328 g/mol. The lowest BCUT2D eigenvalue weighted by Gasteiger charge is -2.04. The standard InChI is InChI=1S/C18H15ClN2OS/c1-12-5-2-3-8-16(12)17(22)21-18-20-11-15(23-18)10-13-6-4-7-14(19)9-13/h2-9,11H,10H2,1H3,(H,20,21,22). The van der Waals surface area contributed by atoms with Crippen molar-refractivity contribution in [1.29, 1.82) is 0 Å². The number of hydrogen-bond acceptors (Lipinski definition) is 3. The maximum Gasteiger partial charge on any atom is 0.257 e. The Morgan fingerprint density at radius 1 is 1.22 bits per heavy atom. The monoisotopic (exact) mass is 342 g/mol. The fourth-order valence-corrected chi connectivity index (χ4v) is 3.34. The Kier molecular flexibility index (Phi) is 4.74. The number of carbonyl (C=O) groups is 1. The molecule has 1 amide bonds. The van der Waals surface area contributed by atoms with Gasteiger partial charge in [-0.2, -0.15) is 0 Å². The highest BCUT2D eigenvalue weighted by atomic mass is 35.5. The maximum absolute atomic E-state index is 12.3. The van der Waals surface area contributed by atoms with Crippen molar-refractivity contribution in [2.75, 3.05) is 5.32 Å². The number of thiazole rings is 1. The molecule has 0 aliphatic carbocycles. The van der Waals surface area contributed by atoms with Crippen LogP contribution in [0.4, 0.5) is 5.13 Å². The van der Waals surface area contributed by atoms with E-state index in [4.69, 9.17) is 11.6 Å². The Balaban J connectivity index is 1.70. The molecule has 0 saturated carbocycles. The van der Waals surface area contributed by atoms with Gasteiger partial charge in [-0.25, -0.2) is 4.98 Å². The summed E-state index contributed by atoms with van der Waals surface area (Å²) in [6.07, 6.45) is 2.54. The lowest BCUT2D eigenvalue weighted by Crippen LogP contribution is -2.12. The summed E-state index contributed by atoms with van der Waals surface area (Å²) in [7, 11) is 0. The van der Waals surface area contributed by atoms with Crippen LogP contribution < -0.4 is 5.32 Å². The molecule has 0 spiro atoms. The minimum atomic E-state index is -0.133. The SMILES string of the molecule is Cc1ccccc1C(=O)Nc1ncc(Cc2cccc(Cl)c2)s1. The molecule has 3 nitrogen and oxygen atoms in total. The highest BCUT2D eigenvalue weighted by Crippen LogP contribution is 2.23. The average Bonchev–Trinajstić information content (AvgIpc) is 2.94. The van der Waals surface area contributed by atoms with Gasteiger partial charge in [-0.3, -0.25) is 10.1 Å². The number of aryl methyl sites for hydroxylation is 1. The Bertz CT molecular complexity index is 844. The molecule has 116 valence electrons. The number of halogens is 1. The molecule has 0 saturated heterocycles. The third kappa shape index (κ3) is 3.97. The number of nitrogens with one attached hydrogen (secondary N) is 1. The number of aromatic nitrogens is 1. The number of carbonyl (C=O) groups excluding carboxylic acids is 1. The summed E-state index contributed by atoms with van der Waals surface area (Å²) in [5.41, 5.74) is 2.73. The van der Waals surface area contributed by atoms with Gasteiger partial charge in [0.05, 0.1) is 0 Å². The highest BCUT2D eigenvalue weighted by molar-refractivity contribution is 7.15. The van der Waals surface area contributed by atoms with Crippen molar-refractivity contribution in [3.05, 3.63) is 81.3 Å². The second kappa shape index (κ2) is 6.94. The number of amides is 1. The van der Waals surface area contributed by atoms with Gasteiger partial charge < -0.3 is 0 Å². The Hall–Kier alpha value is -2.17. The zero-order valence-corrected chi connectivity index (χ0v) is 14.1. The topological polar surface area (TPSA) is 42.0 Å². The first kappa shape index (κ1) is 15.7. The van der Waals surface area contributed by atoms with Gasteiger partial charge in [-0.15, -0.1) is 11.3 Å². The number of anilines is 1. The predicted molar refractivity (Wildman–Crippen MR) is 95.5 cm³/mol. The molecule has 1 N–H and O–H groups in total. The lowest BCUT2D eigenvalue weighted by atomic mass is 10.1. The van der Waals surface area contributed by atoms with Gasteiger partial charge in [0.25, 0.3) is 5.91 Å². The van der Waals surface area contributed by atoms with Crippen LogP contribution in [0.5, 0.6) is 0 Å². The highest BCUT2D eigenvalue weighted by Gasteiger charge is 2.11. The minimum absolute atomic E-state index is 0.133. The van der Waals surface area contributed by atoms with Crippen LogP contribution in [0.2, 0.25) is 5.02 Å². The van der Waals surface area contributed by atoms with E-state index in [2.05, 4.69) is 10.3 Å². The second-order valence-electron chi connectivity index (χ2n) is 5.21. The maximum atomic E-state index is 12.3. The molecule has 1 heterocycles. The van der Waals surface area contributed by atoms with E-state index in [9.17, 15) is 4.79 Å². The molecular formula is C18H15ClN2OS. The van der Waals surface area contributed by atoms with Crippen LogP contribution in [0.15, 0.2) is 54.7 Å². The zero-order valence-electron chi connectivity index (χ0n) is 12.5. The molecule has 0 aliphatic heterocycles. The van der Waals surface area contributed by atoms with E-state index < -0.39 is 0 Å². The average molecular weight is 343 g/mol. The Morgan fingerprint density at radius 2 is 2.04 bits per heavy atom. The molecule has 2 aromatic carbocycles. The van der Waals surface area contributed by atoms with Gasteiger partial charge in [0.2, 0.25) is 0 Å². The molecule has 23 heavy (non-hydrogen) atoms. The molecule has 0 unspecified atom stereocenters. The summed E-state index contributed by atoms with van der Waals surface area (Å²) in [5.74, 6) is -0.133. The molecule has 3 aromatic rings. The summed E-state index contributed by atoms with van der Waals surface area (Å²) in [6.45, 7) is 1.92. The lowest BCUT2D eigenvalue weighted by molar-refractivity contribution is 0.102. The van der Waals surface area contributed by atoms with E-state index in [-0.39, 0.29) is 5.91 Å². The molecule has 1 aromatic heterocycles. The Morgan fingerprint density at radius 3 is 2.83 bits per heavy atom. The summed E-state index contributed by atoms with van der Waals surface area (Å²) in [6, 6.07) is 15.2. The first-order valence-corrected chi connectivity index (χ1v) is 8.37. The largest absolute Gasteiger partial charge is 0.298 e. The van der Waals surface area contributed by atoms with Crippen molar-refractivity contribution in [2.45, 2.75) is 13.3 Å². The summed E-state index contributed by atoms with van der Waals surface area (Å²) < 4.78 is 0. The van der Waals surface area contributed by atoms with Crippen LogP contribution in [-0.2, 0) is 6.42 Å². The fraction of sp³-hybridized carbons (Fsp3) is 0.111. The van der Waals surface area contributed by atoms with E-state index in [1.165, 1.54) is 11.3 Å². The predicted octanol–water partition coefficient (Wildman–Crippen LogP) is 4.95. The quantitative estimate of drug-likeness (QED) is 0.729. The van der Waals surface area contributed by atoms with Crippen molar-refractivity contribution in [1.82, 2.24) is 4.98 Å².